The predicted molar refractivity (Wildman–Crippen MR) is 59.5 cm³/mol. The Hall–Kier alpha value is -1.22. The second kappa shape index (κ2) is 4.11. The van der Waals surface area contributed by atoms with E-state index in [1.807, 2.05) is 31.2 Å². The number of nitrogens with one attached hydrogen (secondary N) is 1. The van der Waals surface area contributed by atoms with E-state index >= 15 is 0 Å². The van der Waals surface area contributed by atoms with Crippen LogP contribution in [0.1, 0.15) is 13.8 Å². The van der Waals surface area contributed by atoms with Gasteiger partial charge in [0.15, 0.2) is 0 Å². The third kappa shape index (κ3) is 2.42. The molecule has 1 heterocycles. The van der Waals surface area contributed by atoms with E-state index in [2.05, 4.69) is 12.2 Å². The standard InChI is InChI=1S/C12H17NO2/c1-3-14-10-4-6-11(7-5-10)15-12(2)8-13-9-12/h4-7,13H,3,8-9H2,1-2H3. The van der Waals surface area contributed by atoms with Gasteiger partial charge in [-0.3, -0.25) is 0 Å². The Morgan fingerprint density at radius 1 is 1.20 bits per heavy atom. The topological polar surface area (TPSA) is 30.5 Å². The van der Waals surface area contributed by atoms with Gasteiger partial charge in [-0.05, 0) is 38.1 Å². The average molecular weight is 207 g/mol. The Bertz CT molecular complexity index is 317. The van der Waals surface area contributed by atoms with Crippen molar-refractivity contribution in [2.75, 3.05) is 19.7 Å². The lowest BCUT2D eigenvalue weighted by Gasteiger charge is -2.39. The van der Waals surface area contributed by atoms with Gasteiger partial charge in [-0.2, -0.15) is 0 Å². The molecule has 1 aliphatic heterocycles. The third-order valence-electron chi connectivity index (χ3n) is 2.50. The second-order valence-electron chi connectivity index (χ2n) is 4.06. The van der Waals surface area contributed by atoms with Gasteiger partial charge < -0.3 is 14.8 Å². The predicted octanol–water partition coefficient (Wildman–Crippen LogP) is 1.83. The molecule has 0 unspecified atom stereocenters. The molecule has 2 rings (SSSR count). The Morgan fingerprint density at radius 3 is 2.27 bits per heavy atom. The second-order valence-corrected chi connectivity index (χ2v) is 4.06. The van der Waals surface area contributed by atoms with Crippen LogP contribution in [0.2, 0.25) is 0 Å². The molecule has 0 radical (unpaired) electrons. The van der Waals surface area contributed by atoms with Gasteiger partial charge in [-0.15, -0.1) is 0 Å². The van der Waals surface area contributed by atoms with Crippen LogP contribution in [0.3, 0.4) is 0 Å². The van der Waals surface area contributed by atoms with Crippen molar-refractivity contribution in [1.82, 2.24) is 5.32 Å². The van der Waals surface area contributed by atoms with E-state index in [9.17, 15) is 0 Å². The highest BCUT2D eigenvalue weighted by Gasteiger charge is 2.33. The van der Waals surface area contributed by atoms with E-state index in [1.165, 1.54) is 0 Å². The van der Waals surface area contributed by atoms with E-state index in [4.69, 9.17) is 9.47 Å². The van der Waals surface area contributed by atoms with Gasteiger partial charge in [0, 0.05) is 13.1 Å². The van der Waals surface area contributed by atoms with E-state index in [0.717, 1.165) is 24.6 Å². The molecule has 0 saturated carbocycles. The Kier molecular flexibility index (Phi) is 2.82. The first-order valence-corrected chi connectivity index (χ1v) is 5.34. The minimum atomic E-state index is -0.0346. The van der Waals surface area contributed by atoms with Crippen LogP contribution in [-0.2, 0) is 0 Å². The number of benzene rings is 1. The summed E-state index contributed by atoms with van der Waals surface area (Å²) >= 11 is 0. The van der Waals surface area contributed by atoms with Crippen LogP contribution in [0, 0.1) is 0 Å². The number of ether oxygens (including phenoxy) is 2. The van der Waals surface area contributed by atoms with Crippen LogP contribution < -0.4 is 14.8 Å². The molecule has 1 aliphatic rings. The number of hydrogen-bond donors (Lipinski definition) is 1. The van der Waals surface area contributed by atoms with Crippen LogP contribution in [0.15, 0.2) is 24.3 Å². The molecule has 0 spiro atoms. The lowest BCUT2D eigenvalue weighted by molar-refractivity contribution is 0.0348. The molecule has 0 aliphatic carbocycles. The van der Waals surface area contributed by atoms with Crippen molar-refractivity contribution in [2.24, 2.45) is 0 Å². The smallest absolute Gasteiger partial charge is 0.131 e. The number of hydrogen-bond acceptors (Lipinski definition) is 3. The van der Waals surface area contributed by atoms with Gasteiger partial charge in [0.25, 0.3) is 0 Å². The van der Waals surface area contributed by atoms with Crippen LogP contribution in [0.25, 0.3) is 0 Å². The fraction of sp³-hybridized carbons (Fsp3) is 0.500. The highest BCUT2D eigenvalue weighted by Crippen LogP contribution is 2.23. The summed E-state index contributed by atoms with van der Waals surface area (Å²) in [6, 6.07) is 7.78. The molecule has 1 fully saturated rings. The third-order valence-corrected chi connectivity index (χ3v) is 2.50. The summed E-state index contributed by atoms with van der Waals surface area (Å²) in [7, 11) is 0. The average Bonchev–Trinajstić information content (AvgIpc) is 2.19. The Balaban J connectivity index is 1.97. The molecule has 0 aromatic heterocycles. The minimum absolute atomic E-state index is 0.0346. The first kappa shape index (κ1) is 10.3. The molecule has 82 valence electrons. The van der Waals surface area contributed by atoms with Gasteiger partial charge in [-0.1, -0.05) is 0 Å². The molecule has 3 nitrogen and oxygen atoms in total. The van der Waals surface area contributed by atoms with Crippen molar-refractivity contribution >= 4 is 0 Å². The first-order valence-electron chi connectivity index (χ1n) is 5.34. The zero-order chi connectivity index (χ0) is 10.7. The summed E-state index contributed by atoms with van der Waals surface area (Å²) in [5.74, 6) is 1.80. The first-order chi connectivity index (χ1) is 7.22. The fourth-order valence-electron chi connectivity index (χ4n) is 1.60. The summed E-state index contributed by atoms with van der Waals surface area (Å²) in [6.45, 7) is 6.62. The molecule has 3 heteroatoms. The highest BCUT2D eigenvalue weighted by molar-refractivity contribution is 5.32. The van der Waals surface area contributed by atoms with Gasteiger partial charge in [0.1, 0.15) is 17.1 Å². The van der Waals surface area contributed by atoms with Crippen LogP contribution >= 0.6 is 0 Å². The molecule has 1 N–H and O–H groups in total. The molecule has 15 heavy (non-hydrogen) atoms. The monoisotopic (exact) mass is 207 g/mol. The quantitative estimate of drug-likeness (QED) is 0.817. The lowest BCUT2D eigenvalue weighted by Crippen LogP contribution is -2.60. The van der Waals surface area contributed by atoms with Crippen molar-refractivity contribution in [2.45, 2.75) is 19.4 Å². The normalized spacial score (nSPS) is 18.0. The molecule has 0 atom stereocenters. The summed E-state index contributed by atoms with van der Waals surface area (Å²) in [6.07, 6.45) is 0. The summed E-state index contributed by atoms with van der Waals surface area (Å²) in [5.41, 5.74) is -0.0346. The maximum Gasteiger partial charge on any atom is 0.131 e. The van der Waals surface area contributed by atoms with Crippen molar-refractivity contribution in [1.29, 1.82) is 0 Å². The number of rotatable bonds is 4. The summed E-state index contributed by atoms with van der Waals surface area (Å²) in [5, 5.41) is 3.20. The van der Waals surface area contributed by atoms with Crippen molar-refractivity contribution < 1.29 is 9.47 Å². The summed E-state index contributed by atoms with van der Waals surface area (Å²) < 4.78 is 11.2. The fourth-order valence-corrected chi connectivity index (χ4v) is 1.60. The van der Waals surface area contributed by atoms with E-state index in [0.29, 0.717) is 6.61 Å². The zero-order valence-electron chi connectivity index (χ0n) is 9.25. The van der Waals surface area contributed by atoms with Gasteiger partial charge in [0.05, 0.1) is 6.61 Å². The maximum atomic E-state index is 5.85. The molecule has 0 amide bonds. The van der Waals surface area contributed by atoms with Gasteiger partial charge in [-0.25, -0.2) is 0 Å². The van der Waals surface area contributed by atoms with Gasteiger partial charge >= 0.3 is 0 Å². The molecule has 1 saturated heterocycles. The van der Waals surface area contributed by atoms with Crippen LogP contribution in [-0.4, -0.2) is 25.3 Å². The molecule has 1 aromatic rings. The highest BCUT2D eigenvalue weighted by atomic mass is 16.5. The Labute approximate surface area is 90.4 Å². The van der Waals surface area contributed by atoms with Crippen LogP contribution in [0.4, 0.5) is 0 Å². The van der Waals surface area contributed by atoms with Crippen molar-refractivity contribution in [3.8, 4) is 11.5 Å². The van der Waals surface area contributed by atoms with Gasteiger partial charge in [0.2, 0.25) is 0 Å². The minimum Gasteiger partial charge on any atom is -0.494 e. The zero-order valence-corrected chi connectivity index (χ0v) is 9.25. The van der Waals surface area contributed by atoms with E-state index in [-0.39, 0.29) is 5.60 Å². The molecule has 1 aromatic carbocycles. The maximum absolute atomic E-state index is 5.85. The van der Waals surface area contributed by atoms with Crippen LogP contribution in [0.5, 0.6) is 11.5 Å². The molecule has 0 bridgehead atoms. The molecular weight excluding hydrogens is 190 g/mol. The van der Waals surface area contributed by atoms with E-state index < -0.39 is 0 Å². The lowest BCUT2D eigenvalue weighted by atomic mass is 10.00. The van der Waals surface area contributed by atoms with E-state index in [1.54, 1.807) is 0 Å². The largest absolute Gasteiger partial charge is 0.494 e. The Morgan fingerprint density at radius 2 is 1.80 bits per heavy atom. The SMILES string of the molecule is CCOc1ccc(OC2(C)CNC2)cc1. The summed E-state index contributed by atoms with van der Waals surface area (Å²) in [4.78, 5) is 0. The van der Waals surface area contributed by atoms with Crippen molar-refractivity contribution in [3.63, 3.8) is 0 Å². The van der Waals surface area contributed by atoms with Crippen molar-refractivity contribution in [3.05, 3.63) is 24.3 Å². The molecular formula is C12H17NO2.